The van der Waals surface area contributed by atoms with Crippen LogP contribution in [0.2, 0.25) is 5.02 Å². The molecule has 0 amide bonds. The monoisotopic (exact) mass is 389 g/mol. The fourth-order valence-electron chi connectivity index (χ4n) is 4.26. The first-order valence-corrected chi connectivity index (χ1v) is 9.25. The summed E-state index contributed by atoms with van der Waals surface area (Å²) in [6.45, 7) is 0. The minimum absolute atomic E-state index is 0.0746. The Morgan fingerprint density at radius 1 is 1.26 bits per heavy atom. The number of nitrogens with two attached hydrogens (primary N) is 1. The van der Waals surface area contributed by atoms with Gasteiger partial charge in [-0.3, -0.25) is 14.2 Å². The van der Waals surface area contributed by atoms with E-state index in [1.54, 1.807) is 4.57 Å². The highest BCUT2D eigenvalue weighted by Crippen LogP contribution is 2.44. The number of fused-ring (bicyclic) bond motifs is 2. The van der Waals surface area contributed by atoms with Crippen molar-refractivity contribution in [3.8, 4) is 5.75 Å². The highest BCUT2D eigenvalue weighted by atomic mass is 35.5. The van der Waals surface area contributed by atoms with Gasteiger partial charge >= 0.3 is 0 Å². The SMILES string of the molecule is COc1c(N)ncnc1Nc1cc(Cl)c2n(c1=O)C1(CCCCC1)CC2=O. The summed E-state index contributed by atoms with van der Waals surface area (Å²) >= 11 is 6.41. The fraction of sp³-hybridized carbons (Fsp3) is 0.444. The van der Waals surface area contributed by atoms with E-state index in [9.17, 15) is 9.59 Å². The van der Waals surface area contributed by atoms with Crippen LogP contribution in [-0.4, -0.2) is 27.4 Å². The van der Waals surface area contributed by atoms with Crippen LogP contribution in [0.1, 0.15) is 49.0 Å². The molecule has 0 saturated heterocycles. The van der Waals surface area contributed by atoms with Gasteiger partial charge in [0.1, 0.15) is 17.7 Å². The van der Waals surface area contributed by atoms with Crippen LogP contribution in [0.3, 0.4) is 0 Å². The Labute approximate surface area is 160 Å². The Morgan fingerprint density at radius 3 is 2.70 bits per heavy atom. The quantitative estimate of drug-likeness (QED) is 0.829. The maximum Gasteiger partial charge on any atom is 0.275 e. The van der Waals surface area contributed by atoms with Gasteiger partial charge in [0, 0.05) is 6.42 Å². The number of halogens is 1. The maximum atomic E-state index is 13.3. The number of nitrogens with one attached hydrogen (secondary N) is 1. The number of hydrogen-bond acceptors (Lipinski definition) is 7. The second-order valence-electron chi connectivity index (χ2n) is 7.05. The minimum atomic E-state index is -0.474. The maximum absolute atomic E-state index is 13.3. The first-order valence-electron chi connectivity index (χ1n) is 8.87. The lowest BCUT2D eigenvalue weighted by atomic mass is 9.80. The molecule has 4 rings (SSSR count). The van der Waals surface area contributed by atoms with Gasteiger partial charge in [-0.25, -0.2) is 9.97 Å². The largest absolute Gasteiger partial charge is 0.490 e. The van der Waals surface area contributed by atoms with Crippen LogP contribution < -0.4 is 21.3 Å². The molecule has 0 atom stereocenters. The van der Waals surface area contributed by atoms with E-state index in [0.717, 1.165) is 32.1 Å². The molecule has 0 unspecified atom stereocenters. The number of ketones is 1. The third-order valence-electron chi connectivity index (χ3n) is 5.46. The van der Waals surface area contributed by atoms with E-state index in [0.29, 0.717) is 12.1 Å². The van der Waals surface area contributed by atoms with Crippen LogP contribution in [-0.2, 0) is 5.54 Å². The van der Waals surface area contributed by atoms with Crippen LogP contribution in [0.4, 0.5) is 17.3 Å². The van der Waals surface area contributed by atoms with Crippen molar-refractivity contribution < 1.29 is 9.53 Å². The van der Waals surface area contributed by atoms with Crippen molar-refractivity contribution in [3.63, 3.8) is 0 Å². The summed E-state index contributed by atoms with van der Waals surface area (Å²) in [6, 6.07) is 1.47. The van der Waals surface area contributed by atoms with Crippen molar-refractivity contribution in [2.45, 2.75) is 44.1 Å². The number of nitrogen functional groups attached to an aromatic ring is 1. The molecule has 27 heavy (non-hydrogen) atoms. The third kappa shape index (κ3) is 2.75. The van der Waals surface area contributed by atoms with Crippen molar-refractivity contribution in [3.05, 3.63) is 33.5 Å². The van der Waals surface area contributed by atoms with Gasteiger partial charge in [-0.1, -0.05) is 30.9 Å². The number of methoxy groups -OCH3 is 1. The number of hydrogen-bond donors (Lipinski definition) is 2. The highest BCUT2D eigenvalue weighted by molar-refractivity contribution is 6.34. The molecule has 0 radical (unpaired) electrons. The van der Waals surface area contributed by atoms with E-state index < -0.39 is 5.54 Å². The zero-order valence-electron chi connectivity index (χ0n) is 14.9. The van der Waals surface area contributed by atoms with E-state index in [-0.39, 0.29) is 39.4 Å². The fourth-order valence-corrected chi connectivity index (χ4v) is 4.56. The average molecular weight is 390 g/mol. The first-order chi connectivity index (χ1) is 13.0. The molecule has 2 aliphatic rings. The van der Waals surface area contributed by atoms with Crippen LogP contribution in [0, 0.1) is 0 Å². The Kier molecular flexibility index (Phi) is 4.30. The molecule has 1 aliphatic carbocycles. The molecule has 1 saturated carbocycles. The lowest BCUT2D eigenvalue weighted by Crippen LogP contribution is -2.40. The van der Waals surface area contributed by atoms with Crippen LogP contribution in [0.5, 0.6) is 5.75 Å². The third-order valence-corrected chi connectivity index (χ3v) is 5.74. The van der Waals surface area contributed by atoms with E-state index in [2.05, 4.69) is 15.3 Å². The molecule has 8 nitrogen and oxygen atoms in total. The van der Waals surface area contributed by atoms with Gasteiger partial charge in [-0.05, 0) is 18.9 Å². The standard InChI is InChI=1S/C18H20ClN5O3/c1-27-14-15(20)21-9-22-16(14)23-11-7-10(19)13-12(25)8-18(24(13)17(11)26)5-3-2-4-6-18/h7,9H,2-6,8H2,1H3,(H3,20,21,22,23). The molecule has 9 heteroatoms. The zero-order chi connectivity index (χ0) is 19.2. The number of pyridine rings is 1. The van der Waals surface area contributed by atoms with Crippen molar-refractivity contribution in [1.82, 2.24) is 14.5 Å². The average Bonchev–Trinajstić information content (AvgIpc) is 2.92. The molecule has 0 aromatic carbocycles. The van der Waals surface area contributed by atoms with E-state index in [1.165, 1.54) is 19.5 Å². The number of carbonyl (C=O) groups excluding carboxylic acids is 1. The summed E-state index contributed by atoms with van der Waals surface area (Å²) < 4.78 is 6.84. The molecule has 2 aromatic heterocycles. The van der Waals surface area contributed by atoms with Gasteiger partial charge in [0.2, 0.25) is 5.75 Å². The van der Waals surface area contributed by atoms with Gasteiger partial charge in [0.15, 0.2) is 17.4 Å². The molecule has 3 heterocycles. The van der Waals surface area contributed by atoms with Gasteiger partial charge in [-0.15, -0.1) is 0 Å². The Bertz CT molecular complexity index is 982. The van der Waals surface area contributed by atoms with Gasteiger partial charge in [0.25, 0.3) is 5.56 Å². The minimum Gasteiger partial charge on any atom is -0.490 e. The van der Waals surface area contributed by atoms with Crippen LogP contribution >= 0.6 is 11.6 Å². The second-order valence-corrected chi connectivity index (χ2v) is 7.45. The second kappa shape index (κ2) is 6.53. The molecular formula is C18H20ClN5O3. The summed E-state index contributed by atoms with van der Waals surface area (Å²) in [5, 5.41) is 3.21. The zero-order valence-corrected chi connectivity index (χ0v) is 15.7. The smallest absolute Gasteiger partial charge is 0.275 e. The normalized spacial score (nSPS) is 17.8. The summed E-state index contributed by atoms with van der Waals surface area (Å²) in [5.41, 5.74) is 5.57. The molecule has 1 aliphatic heterocycles. The molecule has 0 bridgehead atoms. The molecule has 1 spiro atoms. The number of nitrogens with zero attached hydrogens (tertiary/aromatic N) is 3. The highest BCUT2D eigenvalue weighted by Gasteiger charge is 2.46. The lowest BCUT2D eigenvalue weighted by Gasteiger charge is -2.35. The summed E-state index contributed by atoms with van der Waals surface area (Å²) in [6.07, 6.45) is 6.30. The molecule has 1 fully saturated rings. The molecular weight excluding hydrogens is 370 g/mol. The van der Waals surface area contributed by atoms with Crippen molar-refractivity contribution in [2.24, 2.45) is 0 Å². The van der Waals surface area contributed by atoms with Crippen molar-refractivity contribution >= 4 is 34.7 Å². The lowest BCUT2D eigenvalue weighted by molar-refractivity contribution is 0.0950. The first kappa shape index (κ1) is 17.8. The number of carbonyl (C=O) groups is 1. The topological polar surface area (TPSA) is 112 Å². The Hall–Kier alpha value is -2.61. The summed E-state index contributed by atoms with van der Waals surface area (Å²) in [7, 11) is 1.44. The summed E-state index contributed by atoms with van der Waals surface area (Å²) in [5.74, 6) is 0.582. The van der Waals surface area contributed by atoms with Gasteiger partial charge in [-0.2, -0.15) is 0 Å². The summed E-state index contributed by atoms with van der Waals surface area (Å²) in [4.78, 5) is 33.9. The predicted octanol–water partition coefficient (Wildman–Crippen LogP) is 2.87. The van der Waals surface area contributed by atoms with Crippen molar-refractivity contribution in [2.75, 3.05) is 18.2 Å². The van der Waals surface area contributed by atoms with Gasteiger partial charge < -0.3 is 15.8 Å². The molecule has 2 aromatic rings. The molecule has 3 N–H and O–H groups in total. The number of ether oxygens (including phenoxy) is 1. The van der Waals surface area contributed by atoms with Crippen LogP contribution in [0.25, 0.3) is 0 Å². The van der Waals surface area contributed by atoms with Crippen molar-refractivity contribution in [1.29, 1.82) is 0 Å². The van der Waals surface area contributed by atoms with Crippen LogP contribution in [0.15, 0.2) is 17.2 Å². The Balaban J connectivity index is 1.85. The van der Waals surface area contributed by atoms with Gasteiger partial charge in [0.05, 0.1) is 17.7 Å². The van der Waals surface area contributed by atoms with E-state index >= 15 is 0 Å². The molecule has 142 valence electrons. The number of rotatable bonds is 3. The van der Waals surface area contributed by atoms with E-state index in [1.807, 2.05) is 0 Å². The number of anilines is 3. The number of Topliss-reactive ketones (excluding diaryl/α,β-unsaturated/α-hetero) is 1. The van der Waals surface area contributed by atoms with E-state index in [4.69, 9.17) is 22.1 Å². The Morgan fingerprint density at radius 2 is 2.00 bits per heavy atom. The predicted molar refractivity (Wildman–Crippen MR) is 102 cm³/mol. The number of aromatic nitrogens is 3.